The Hall–Kier alpha value is -0.600. The molecule has 0 aliphatic carbocycles. The van der Waals surface area contributed by atoms with Gasteiger partial charge in [0.25, 0.3) is 10.0 Å². The fourth-order valence-corrected chi connectivity index (χ4v) is 4.76. The van der Waals surface area contributed by atoms with E-state index < -0.39 is 10.0 Å². The molecule has 0 aliphatic rings. The fourth-order valence-electron chi connectivity index (χ4n) is 1.56. The van der Waals surface area contributed by atoms with Gasteiger partial charge in [0, 0.05) is 16.0 Å². The van der Waals surface area contributed by atoms with Crippen molar-refractivity contribution < 1.29 is 8.42 Å². The van der Waals surface area contributed by atoms with Gasteiger partial charge < -0.3 is 5.32 Å². The Labute approximate surface area is 135 Å². The predicted molar refractivity (Wildman–Crippen MR) is 87.0 cm³/mol. The quantitative estimate of drug-likeness (QED) is 0.812. The second-order valence-electron chi connectivity index (χ2n) is 4.03. The molecule has 0 unspecified atom stereocenters. The van der Waals surface area contributed by atoms with Gasteiger partial charge in [-0.3, -0.25) is 4.72 Å². The average Bonchev–Trinajstić information content (AvgIpc) is 2.83. The summed E-state index contributed by atoms with van der Waals surface area (Å²) in [5.74, 6) is 0. The molecule has 1 heterocycles. The zero-order valence-corrected chi connectivity index (χ0v) is 14.5. The Kier molecular flexibility index (Phi) is 5.09. The molecule has 1 aromatic carbocycles. The molecular formula is C12H12BrClN2O2S2. The van der Waals surface area contributed by atoms with Gasteiger partial charge in [0.1, 0.15) is 4.21 Å². The van der Waals surface area contributed by atoms with Crippen molar-refractivity contribution in [2.45, 2.75) is 10.8 Å². The Morgan fingerprint density at radius 3 is 2.75 bits per heavy atom. The van der Waals surface area contributed by atoms with Crippen LogP contribution in [0.3, 0.4) is 0 Å². The maximum Gasteiger partial charge on any atom is 0.271 e. The minimum Gasteiger partial charge on any atom is -0.316 e. The molecule has 2 aromatic rings. The van der Waals surface area contributed by atoms with Crippen molar-refractivity contribution in [2.24, 2.45) is 0 Å². The number of sulfonamides is 1. The molecule has 4 nitrogen and oxygen atoms in total. The molecule has 20 heavy (non-hydrogen) atoms. The molecular weight excluding hydrogens is 384 g/mol. The van der Waals surface area contributed by atoms with Gasteiger partial charge in [-0.2, -0.15) is 0 Å². The highest BCUT2D eigenvalue weighted by molar-refractivity contribution is 9.10. The third-order valence-corrected chi connectivity index (χ3v) is 6.20. The maximum absolute atomic E-state index is 12.3. The van der Waals surface area contributed by atoms with Crippen LogP contribution < -0.4 is 10.0 Å². The number of nitrogens with one attached hydrogen (secondary N) is 2. The van der Waals surface area contributed by atoms with Gasteiger partial charge in [-0.1, -0.05) is 11.6 Å². The van der Waals surface area contributed by atoms with Gasteiger partial charge >= 0.3 is 0 Å². The van der Waals surface area contributed by atoms with Crippen LogP contribution in [0.1, 0.15) is 5.56 Å². The molecule has 0 amide bonds. The lowest BCUT2D eigenvalue weighted by molar-refractivity contribution is 0.603. The van der Waals surface area contributed by atoms with Gasteiger partial charge in [-0.15, -0.1) is 11.3 Å². The van der Waals surface area contributed by atoms with Crippen LogP contribution in [0.15, 0.2) is 38.3 Å². The molecule has 0 aliphatic heterocycles. The predicted octanol–water partition coefficient (Wildman–Crippen LogP) is 3.68. The average molecular weight is 396 g/mol. The van der Waals surface area contributed by atoms with E-state index in [2.05, 4.69) is 26.0 Å². The van der Waals surface area contributed by atoms with E-state index in [1.165, 1.54) is 11.3 Å². The molecule has 2 rings (SSSR count). The third-order valence-electron chi connectivity index (χ3n) is 2.45. The number of anilines is 1. The van der Waals surface area contributed by atoms with Crippen molar-refractivity contribution >= 4 is 54.6 Å². The summed E-state index contributed by atoms with van der Waals surface area (Å²) < 4.78 is 28.0. The van der Waals surface area contributed by atoms with Crippen molar-refractivity contribution in [1.82, 2.24) is 5.32 Å². The first-order valence-corrected chi connectivity index (χ1v) is 9.15. The van der Waals surface area contributed by atoms with E-state index in [0.29, 0.717) is 21.7 Å². The largest absolute Gasteiger partial charge is 0.316 e. The minimum atomic E-state index is -3.58. The Morgan fingerprint density at radius 1 is 1.35 bits per heavy atom. The van der Waals surface area contributed by atoms with Crippen LogP contribution in [0.2, 0.25) is 5.02 Å². The summed E-state index contributed by atoms with van der Waals surface area (Å²) in [5, 5.41) is 5.34. The third kappa shape index (κ3) is 3.73. The lowest BCUT2D eigenvalue weighted by Gasteiger charge is -2.08. The van der Waals surface area contributed by atoms with Crippen LogP contribution in [0.25, 0.3) is 0 Å². The molecule has 0 atom stereocenters. The number of hydrogen-bond acceptors (Lipinski definition) is 4. The van der Waals surface area contributed by atoms with Crippen molar-refractivity contribution in [2.75, 3.05) is 11.8 Å². The summed E-state index contributed by atoms with van der Waals surface area (Å²) in [4.78, 5) is 0. The molecule has 0 fully saturated rings. The van der Waals surface area contributed by atoms with E-state index in [9.17, 15) is 8.42 Å². The van der Waals surface area contributed by atoms with E-state index >= 15 is 0 Å². The smallest absolute Gasteiger partial charge is 0.271 e. The second-order valence-corrected chi connectivity index (χ2v) is 8.15. The van der Waals surface area contributed by atoms with E-state index in [1.807, 2.05) is 12.4 Å². The molecule has 0 spiro atoms. The van der Waals surface area contributed by atoms with Crippen LogP contribution in [0.5, 0.6) is 0 Å². The Bertz CT molecular complexity index is 716. The summed E-state index contributed by atoms with van der Waals surface area (Å²) in [6.45, 7) is 0.636. The van der Waals surface area contributed by atoms with Crippen LogP contribution in [0.4, 0.5) is 5.69 Å². The van der Waals surface area contributed by atoms with Crippen LogP contribution in [-0.4, -0.2) is 15.5 Å². The van der Waals surface area contributed by atoms with Crippen LogP contribution in [0, 0.1) is 0 Å². The number of benzene rings is 1. The van der Waals surface area contributed by atoms with Gasteiger partial charge in [0.15, 0.2) is 0 Å². The Morgan fingerprint density at radius 2 is 2.10 bits per heavy atom. The van der Waals surface area contributed by atoms with Crippen LogP contribution in [-0.2, 0) is 16.6 Å². The first-order chi connectivity index (χ1) is 9.42. The van der Waals surface area contributed by atoms with E-state index in [1.54, 1.807) is 24.3 Å². The number of halogens is 2. The topological polar surface area (TPSA) is 58.2 Å². The molecule has 0 radical (unpaired) electrons. The summed E-state index contributed by atoms with van der Waals surface area (Å²) in [6.07, 6.45) is 0. The summed E-state index contributed by atoms with van der Waals surface area (Å²) in [6, 6.07) is 6.55. The number of rotatable bonds is 5. The molecule has 0 bridgehead atoms. The second kappa shape index (κ2) is 6.44. The Balaban J connectivity index is 2.26. The maximum atomic E-state index is 12.3. The first kappa shape index (κ1) is 15.8. The van der Waals surface area contributed by atoms with Crippen molar-refractivity contribution in [3.8, 4) is 0 Å². The number of thiophene rings is 1. The zero-order valence-electron chi connectivity index (χ0n) is 10.5. The first-order valence-electron chi connectivity index (χ1n) is 5.62. The molecule has 0 saturated carbocycles. The van der Waals surface area contributed by atoms with E-state index in [-0.39, 0.29) is 4.21 Å². The number of hydrogen-bond donors (Lipinski definition) is 2. The van der Waals surface area contributed by atoms with Gasteiger partial charge in [0.05, 0.1) is 5.69 Å². The van der Waals surface area contributed by atoms with Crippen molar-refractivity contribution in [3.05, 3.63) is 44.7 Å². The molecule has 2 N–H and O–H groups in total. The zero-order chi connectivity index (χ0) is 14.8. The summed E-state index contributed by atoms with van der Waals surface area (Å²) >= 11 is 10.3. The van der Waals surface area contributed by atoms with Gasteiger partial charge in [-0.25, -0.2) is 8.42 Å². The fraction of sp³-hybridized carbons (Fsp3) is 0.167. The van der Waals surface area contributed by atoms with Gasteiger partial charge in [0.2, 0.25) is 0 Å². The molecule has 8 heteroatoms. The van der Waals surface area contributed by atoms with Crippen molar-refractivity contribution in [1.29, 1.82) is 0 Å². The highest BCUT2D eigenvalue weighted by Crippen LogP contribution is 2.29. The monoisotopic (exact) mass is 394 g/mol. The standard InChI is InChI=1S/C12H12BrClN2O2S2/c1-15-6-8-4-12(19-7-8)20(17,18)16-11-3-2-9(14)5-10(11)13/h2-5,7,15-16H,6H2,1H3. The molecule has 0 saturated heterocycles. The summed E-state index contributed by atoms with van der Waals surface area (Å²) in [7, 11) is -1.76. The van der Waals surface area contributed by atoms with E-state index in [4.69, 9.17) is 11.6 Å². The normalized spacial score (nSPS) is 11.6. The minimum absolute atomic E-state index is 0.282. The molecule has 108 valence electrons. The highest BCUT2D eigenvalue weighted by atomic mass is 79.9. The lowest BCUT2D eigenvalue weighted by Crippen LogP contribution is -2.12. The lowest BCUT2D eigenvalue weighted by atomic mass is 10.3. The summed E-state index contributed by atoms with van der Waals surface area (Å²) in [5.41, 5.74) is 1.39. The highest BCUT2D eigenvalue weighted by Gasteiger charge is 2.18. The molecule has 1 aromatic heterocycles. The SMILES string of the molecule is CNCc1csc(S(=O)(=O)Nc2ccc(Cl)cc2Br)c1. The van der Waals surface area contributed by atoms with Crippen molar-refractivity contribution in [3.63, 3.8) is 0 Å². The van der Waals surface area contributed by atoms with E-state index in [0.717, 1.165) is 5.56 Å². The van der Waals surface area contributed by atoms with Gasteiger partial charge in [-0.05, 0) is 58.2 Å². The van der Waals surface area contributed by atoms with Crippen LogP contribution >= 0.6 is 38.9 Å².